The first kappa shape index (κ1) is 20.2. The fraction of sp³-hybridized carbons (Fsp3) is 0.348. The first-order valence-electron chi connectivity index (χ1n) is 10.4. The molecule has 0 unspecified atom stereocenters. The maximum absolute atomic E-state index is 12.6. The third-order valence-electron chi connectivity index (χ3n) is 5.69. The Morgan fingerprint density at radius 1 is 1.03 bits per heavy atom. The molecule has 0 radical (unpaired) electrons. The predicted molar refractivity (Wildman–Crippen MR) is 118 cm³/mol. The van der Waals surface area contributed by atoms with Crippen LogP contribution in [0.3, 0.4) is 0 Å². The molecule has 0 saturated carbocycles. The highest BCUT2D eigenvalue weighted by Crippen LogP contribution is 2.31. The van der Waals surface area contributed by atoms with Crippen LogP contribution in [0.25, 0.3) is 11.5 Å². The summed E-state index contributed by atoms with van der Waals surface area (Å²) >= 11 is 1.79. The SMILES string of the molecule is O=C(c1nnc(-c2ccccc2)o1)N1CC(Sc2ccc(CN3CC(CO)C3)cc2)C1. The summed E-state index contributed by atoms with van der Waals surface area (Å²) in [6.45, 7) is 4.52. The zero-order chi connectivity index (χ0) is 21.2. The first-order valence-corrected chi connectivity index (χ1v) is 11.3. The predicted octanol–water partition coefficient (Wildman–Crippen LogP) is 2.78. The van der Waals surface area contributed by atoms with Crippen molar-refractivity contribution in [2.45, 2.75) is 16.7 Å². The van der Waals surface area contributed by atoms with Crippen LogP contribution in [0, 0.1) is 5.92 Å². The molecule has 160 valence electrons. The van der Waals surface area contributed by atoms with Gasteiger partial charge in [-0.15, -0.1) is 22.0 Å². The lowest BCUT2D eigenvalue weighted by atomic mass is 10.0. The number of carbonyl (C=O) groups excluding carboxylic acids is 1. The Labute approximate surface area is 185 Å². The van der Waals surface area contributed by atoms with Crippen molar-refractivity contribution in [3.63, 3.8) is 0 Å². The van der Waals surface area contributed by atoms with Gasteiger partial charge in [0, 0.05) is 61.0 Å². The van der Waals surface area contributed by atoms with Crippen molar-refractivity contribution in [1.29, 1.82) is 0 Å². The maximum atomic E-state index is 12.6. The van der Waals surface area contributed by atoms with Gasteiger partial charge in [-0.05, 0) is 29.8 Å². The van der Waals surface area contributed by atoms with E-state index < -0.39 is 0 Å². The van der Waals surface area contributed by atoms with Crippen LogP contribution in [0.4, 0.5) is 0 Å². The highest BCUT2D eigenvalue weighted by Gasteiger charge is 2.34. The number of hydrogen-bond donors (Lipinski definition) is 1. The Kier molecular flexibility index (Phi) is 5.76. The molecule has 1 amide bonds. The van der Waals surface area contributed by atoms with Gasteiger partial charge in [-0.25, -0.2) is 0 Å². The summed E-state index contributed by atoms with van der Waals surface area (Å²) in [5, 5.41) is 17.4. The molecule has 1 N–H and O–H groups in total. The van der Waals surface area contributed by atoms with Gasteiger partial charge >= 0.3 is 11.8 Å². The van der Waals surface area contributed by atoms with Crippen LogP contribution >= 0.6 is 11.8 Å². The van der Waals surface area contributed by atoms with Crippen molar-refractivity contribution in [2.75, 3.05) is 32.8 Å². The smallest absolute Gasteiger partial charge is 0.311 e. The molecule has 3 heterocycles. The van der Waals surface area contributed by atoms with Crippen LogP contribution < -0.4 is 0 Å². The third-order valence-corrected chi connectivity index (χ3v) is 6.86. The van der Waals surface area contributed by atoms with Crippen LogP contribution in [-0.2, 0) is 6.54 Å². The van der Waals surface area contributed by atoms with Crippen LogP contribution in [0.1, 0.15) is 16.2 Å². The van der Waals surface area contributed by atoms with E-state index >= 15 is 0 Å². The lowest BCUT2D eigenvalue weighted by Gasteiger charge is -2.38. The molecule has 2 fully saturated rings. The van der Waals surface area contributed by atoms with E-state index in [1.165, 1.54) is 10.5 Å². The van der Waals surface area contributed by atoms with Crippen molar-refractivity contribution in [3.8, 4) is 11.5 Å². The van der Waals surface area contributed by atoms with Gasteiger partial charge in [0.25, 0.3) is 0 Å². The molecule has 1 aromatic heterocycles. The number of amides is 1. The summed E-state index contributed by atoms with van der Waals surface area (Å²) in [7, 11) is 0. The molecule has 0 atom stereocenters. The minimum absolute atomic E-state index is 0.0427. The summed E-state index contributed by atoms with van der Waals surface area (Å²) in [5.74, 6) is 0.635. The number of carbonyl (C=O) groups is 1. The molecule has 2 saturated heterocycles. The monoisotopic (exact) mass is 436 g/mol. The second kappa shape index (κ2) is 8.82. The average molecular weight is 437 g/mol. The second-order valence-electron chi connectivity index (χ2n) is 8.12. The van der Waals surface area contributed by atoms with E-state index in [0.29, 0.717) is 30.1 Å². The highest BCUT2D eigenvalue weighted by molar-refractivity contribution is 8.00. The number of likely N-dealkylation sites (tertiary alicyclic amines) is 2. The standard InChI is InChI=1S/C23H24N4O3S/c28-15-17-11-26(12-17)10-16-6-8-19(9-7-16)31-20-13-27(14-20)23(29)22-25-24-21(30-22)18-4-2-1-3-5-18/h1-9,17,20,28H,10-15H2. The highest BCUT2D eigenvalue weighted by atomic mass is 32.2. The van der Waals surface area contributed by atoms with Crippen molar-refractivity contribution in [2.24, 2.45) is 5.92 Å². The van der Waals surface area contributed by atoms with Gasteiger partial charge in [-0.1, -0.05) is 30.3 Å². The number of aromatic nitrogens is 2. The molecule has 2 aliphatic rings. The van der Waals surface area contributed by atoms with E-state index in [4.69, 9.17) is 9.52 Å². The summed E-state index contributed by atoms with van der Waals surface area (Å²) in [4.78, 5) is 17.9. The van der Waals surface area contributed by atoms with Crippen molar-refractivity contribution >= 4 is 17.7 Å². The zero-order valence-electron chi connectivity index (χ0n) is 17.1. The minimum atomic E-state index is -0.211. The fourth-order valence-corrected chi connectivity index (χ4v) is 5.05. The van der Waals surface area contributed by atoms with Gasteiger partial charge in [-0.2, -0.15) is 0 Å². The van der Waals surface area contributed by atoms with Crippen LogP contribution in [0.2, 0.25) is 0 Å². The number of thioether (sulfide) groups is 1. The van der Waals surface area contributed by atoms with Crippen LogP contribution in [0.5, 0.6) is 0 Å². The number of benzene rings is 2. The van der Waals surface area contributed by atoms with Gasteiger partial charge in [0.05, 0.1) is 0 Å². The lowest BCUT2D eigenvalue weighted by Crippen LogP contribution is -2.52. The Bertz CT molecular complexity index is 1030. The molecule has 0 spiro atoms. The average Bonchev–Trinajstić information content (AvgIpc) is 3.24. The molecule has 8 heteroatoms. The Balaban J connectivity index is 1.10. The summed E-state index contributed by atoms with van der Waals surface area (Å²) in [6, 6.07) is 18.1. The van der Waals surface area contributed by atoms with E-state index in [9.17, 15) is 4.79 Å². The summed E-state index contributed by atoms with van der Waals surface area (Å²) in [6.07, 6.45) is 0. The Morgan fingerprint density at radius 2 is 1.77 bits per heavy atom. The lowest BCUT2D eigenvalue weighted by molar-refractivity contribution is 0.0479. The van der Waals surface area contributed by atoms with Crippen molar-refractivity contribution in [3.05, 3.63) is 66.1 Å². The first-order chi connectivity index (χ1) is 15.2. The summed E-state index contributed by atoms with van der Waals surface area (Å²) < 4.78 is 5.58. The van der Waals surface area contributed by atoms with Crippen LogP contribution in [-0.4, -0.2) is 69.0 Å². The van der Waals surface area contributed by atoms with E-state index in [0.717, 1.165) is 25.2 Å². The number of aliphatic hydroxyl groups excluding tert-OH is 1. The number of nitrogens with zero attached hydrogens (tertiary/aromatic N) is 4. The Hall–Kier alpha value is -2.68. The Morgan fingerprint density at radius 3 is 2.48 bits per heavy atom. The van der Waals surface area contributed by atoms with Crippen molar-refractivity contribution in [1.82, 2.24) is 20.0 Å². The van der Waals surface area contributed by atoms with Crippen LogP contribution in [0.15, 0.2) is 63.9 Å². The summed E-state index contributed by atoms with van der Waals surface area (Å²) in [5.41, 5.74) is 2.09. The molecular weight excluding hydrogens is 412 g/mol. The fourth-order valence-electron chi connectivity index (χ4n) is 3.87. The second-order valence-corrected chi connectivity index (χ2v) is 9.49. The molecule has 5 rings (SSSR count). The van der Waals surface area contributed by atoms with Crippen molar-refractivity contribution < 1.29 is 14.3 Å². The quantitative estimate of drug-likeness (QED) is 0.610. The zero-order valence-corrected chi connectivity index (χ0v) is 17.9. The number of rotatable bonds is 7. The molecule has 0 bridgehead atoms. The van der Waals surface area contributed by atoms with E-state index in [2.05, 4.69) is 39.4 Å². The molecule has 0 aliphatic carbocycles. The topological polar surface area (TPSA) is 82.7 Å². The largest absolute Gasteiger partial charge is 0.412 e. The molecule has 7 nitrogen and oxygen atoms in total. The van der Waals surface area contributed by atoms with E-state index in [-0.39, 0.29) is 18.4 Å². The number of aliphatic hydroxyl groups is 1. The number of hydrogen-bond acceptors (Lipinski definition) is 7. The van der Waals surface area contributed by atoms with Gasteiger partial charge in [-0.3, -0.25) is 9.69 Å². The molecular formula is C23H24N4O3S. The minimum Gasteiger partial charge on any atom is -0.412 e. The van der Waals surface area contributed by atoms with Gasteiger partial charge in [0.15, 0.2) is 0 Å². The van der Waals surface area contributed by atoms with Gasteiger partial charge in [0.2, 0.25) is 5.89 Å². The molecule has 31 heavy (non-hydrogen) atoms. The van der Waals surface area contributed by atoms with E-state index in [1.807, 2.05) is 30.3 Å². The maximum Gasteiger partial charge on any atom is 0.311 e. The molecule has 3 aromatic rings. The molecule has 2 aliphatic heterocycles. The third kappa shape index (κ3) is 4.51. The normalized spacial score (nSPS) is 17.4. The van der Waals surface area contributed by atoms with Gasteiger partial charge < -0.3 is 14.4 Å². The van der Waals surface area contributed by atoms with Gasteiger partial charge in [0.1, 0.15) is 0 Å². The van der Waals surface area contributed by atoms with E-state index in [1.54, 1.807) is 16.7 Å². The molecule has 2 aromatic carbocycles.